The maximum absolute atomic E-state index is 5.43. The number of thiocarbonyl (C=S) groups is 1. The van der Waals surface area contributed by atoms with E-state index in [1.165, 1.54) is 10.8 Å². The molecule has 4 heteroatoms. The van der Waals surface area contributed by atoms with Crippen LogP contribution in [0.15, 0.2) is 66.7 Å². The van der Waals surface area contributed by atoms with E-state index in [4.69, 9.17) is 17.0 Å². The lowest BCUT2D eigenvalue weighted by Gasteiger charge is -2.12. The van der Waals surface area contributed by atoms with Gasteiger partial charge in [-0.1, -0.05) is 30.3 Å². The van der Waals surface area contributed by atoms with Crippen molar-refractivity contribution < 1.29 is 4.74 Å². The molecule has 0 spiro atoms. The zero-order chi connectivity index (χ0) is 16.1. The molecule has 0 aliphatic carbocycles. The van der Waals surface area contributed by atoms with E-state index in [1.54, 1.807) is 0 Å². The smallest absolute Gasteiger partial charge is 0.175 e. The van der Waals surface area contributed by atoms with E-state index in [1.807, 2.05) is 49.4 Å². The lowest BCUT2D eigenvalue weighted by Crippen LogP contribution is -2.18. The number of hydrogen-bond acceptors (Lipinski definition) is 2. The van der Waals surface area contributed by atoms with Crippen molar-refractivity contribution in [3.63, 3.8) is 0 Å². The summed E-state index contributed by atoms with van der Waals surface area (Å²) < 4.78 is 5.43. The summed E-state index contributed by atoms with van der Waals surface area (Å²) in [6, 6.07) is 22.2. The fraction of sp³-hybridized carbons (Fsp3) is 0.105. The number of rotatable bonds is 4. The van der Waals surface area contributed by atoms with Crippen molar-refractivity contribution in [2.75, 3.05) is 17.2 Å². The van der Waals surface area contributed by atoms with Crippen LogP contribution in [-0.4, -0.2) is 11.7 Å². The van der Waals surface area contributed by atoms with Crippen molar-refractivity contribution in [3.8, 4) is 5.75 Å². The van der Waals surface area contributed by atoms with E-state index < -0.39 is 0 Å². The third-order valence-corrected chi connectivity index (χ3v) is 3.63. The highest BCUT2D eigenvalue weighted by Gasteiger charge is 2.01. The molecule has 0 radical (unpaired) electrons. The van der Waals surface area contributed by atoms with E-state index in [9.17, 15) is 0 Å². The molecule has 116 valence electrons. The molecule has 2 N–H and O–H groups in total. The van der Waals surface area contributed by atoms with E-state index in [2.05, 4.69) is 34.9 Å². The molecule has 3 rings (SSSR count). The first-order valence-electron chi connectivity index (χ1n) is 7.54. The maximum Gasteiger partial charge on any atom is 0.175 e. The molecule has 3 aromatic carbocycles. The Bertz CT molecular complexity index is 815. The van der Waals surface area contributed by atoms with Gasteiger partial charge in [0.1, 0.15) is 5.75 Å². The Labute approximate surface area is 141 Å². The SMILES string of the molecule is CCOc1ccc(NC(=S)Nc2ccc3ccccc3c2)cc1. The largest absolute Gasteiger partial charge is 0.494 e. The minimum atomic E-state index is 0.560. The van der Waals surface area contributed by atoms with Crippen LogP contribution in [0.2, 0.25) is 0 Å². The van der Waals surface area contributed by atoms with Gasteiger partial charge in [-0.2, -0.15) is 0 Å². The molecular weight excluding hydrogens is 304 g/mol. The minimum absolute atomic E-state index is 0.560. The average molecular weight is 322 g/mol. The van der Waals surface area contributed by atoms with Gasteiger partial charge in [-0.15, -0.1) is 0 Å². The first-order valence-corrected chi connectivity index (χ1v) is 7.95. The third kappa shape index (κ3) is 3.99. The van der Waals surface area contributed by atoms with Crippen molar-refractivity contribution in [2.24, 2.45) is 0 Å². The van der Waals surface area contributed by atoms with E-state index >= 15 is 0 Å². The summed E-state index contributed by atoms with van der Waals surface area (Å²) in [5.74, 6) is 0.853. The second-order valence-electron chi connectivity index (χ2n) is 5.10. The Morgan fingerprint density at radius 3 is 2.26 bits per heavy atom. The highest BCUT2D eigenvalue weighted by molar-refractivity contribution is 7.80. The third-order valence-electron chi connectivity index (χ3n) is 3.43. The second-order valence-corrected chi connectivity index (χ2v) is 5.51. The molecule has 0 saturated heterocycles. The monoisotopic (exact) mass is 322 g/mol. The van der Waals surface area contributed by atoms with Gasteiger partial charge >= 0.3 is 0 Å². The summed E-state index contributed by atoms with van der Waals surface area (Å²) in [4.78, 5) is 0. The number of anilines is 2. The van der Waals surface area contributed by atoms with Crippen LogP contribution >= 0.6 is 12.2 Å². The van der Waals surface area contributed by atoms with Gasteiger partial charge in [0, 0.05) is 11.4 Å². The van der Waals surface area contributed by atoms with Crippen LogP contribution in [0.25, 0.3) is 10.8 Å². The summed E-state index contributed by atoms with van der Waals surface area (Å²) in [7, 11) is 0. The van der Waals surface area contributed by atoms with Crippen molar-refractivity contribution >= 4 is 39.5 Å². The zero-order valence-electron chi connectivity index (χ0n) is 12.9. The van der Waals surface area contributed by atoms with Crippen LogP contribution in [0, 0.1) is 0 Å². The van der Waals surface area contributed by atoms with E-state index in [0.29, 0.717) is 11.7 Å². The van der Waals surface area contributed by atoms with Crippen LogP contribution in [0.4, 0.5) is 11.4 Å². The lowest BCUT2D eigenvalue weighted by atomic mass is 10.1. The quantitative estimate of drug-likeness (QED) is 0.659. The minimum Gasteiger partial charge on any atom is -0.494 e. The van der Waals surface area contributed by atoms with Gasteiger partial charge in [-0.3, -0.25) is 0 Å². The fourth-order valence-electron chi connectivity index (χ4n) is 2.36. The molecule has 0 atom stereocenters. The van der Waals surface area contributed by atoms with Crippen molar-refractivity contribution in [1.29, 1.82) is 0 Å². The molecule has 3 aromatic rings. The van der Waals surface area contributed by atoms with E-state index in [-0.39, 0.29) is 0 Å². The van der Waals surface area contributed by atoms with Crippen LogP contribution in [-0.2, 0) is 0 Å². The molecule has 0 saturated carbocycles. The molecule has 0 aromatic heterocycles. The standard InChI is InChI=1S/C19H18N2OS/c1-2-22-18-11-9-16(10-12-18)20-19(23)21-17-8-7-14-5-3-4-6-15(14)13-17/h3-13H,2H2,1H3,(H2,20,21,23). The molecule has 23 heavy (non-hydrogen) atoms. The highest BCUT2D eigenvalue weighted by Crippen LogP contribution is 2.20. The van der Waals surface area contributed by atoms with Crippen LogP contribution in [0.5, 0.6) is 5.75 Å². The Kier molecular flexibility index (Phi) is 4.74. The van der Waals surface area contributed by atoms with Gasteiger partial charge in [0.05, 0.1) is 6.61 Å². The predicted octanol–water partition coefficient (Wildman–Crippen LogP) is 5.05. The van der Waals surface area contributed by atoms with Crippen molar-refractivity contribution in [3.05, 3.63) is 66.7 Å². The lowest BCUT2D eigenvalue weighted by molar-refractivity contribution is 0.340. The Morgan fingerprint density at radius 2 is 1.52 bits per heavy atom. The van der Waals surface area contributed by atoms with Crippen molar-refractivity contribution in [2.45, 2.75) is 6.92 Å². The molecule has 0 aliphatic heterocycles. The first kappa shape index (κ1) is 15.3. The zero-order valence-corrected chi connectivity index (χ0v) is 13.7. The molecule has 0 heterocycles. The topological polar surface area (TPSA) is 33.3 Å². The Hall–Kier alpha value is -2.59. The summed E-state index contributed by atoms with van der Waals surface area (Å²) in [6.07, 6.45) is 0. The van der Waals surface area contributed by atoms with Gasteiger partial charge in [0.25, 0.3) is 0 Å². The molecule has 0 amide bonds. The predicted molar refractivity (Wildman–Crippen MR) is 101 cm³/mol. The van der Waals surface area contributed by atoms with Gasteiger partial charge in [-0.25, -0.2) is 0 Å². The highest BCUT2D eigenvalue weighted by atomic mass is 32.1. The van der Waals surface area contributed by atoms with Crippen molar-refractivity contribution in [1.82, 2.24) is 0 Å². The molecular formula is C19H18N2OS. The van der Waals surface area contributed by atoms with Crippen LogP contribution in [0.3, 0.4) is 0 Å². The summed E-state index contributed by atoms with van der Waals surface area (Å²) in [5, 5.41) is 9.34. The number of hydrogen-bond donors (Lipinski definition) is 2. The Morgan fingerprint density at radius 1 is 0.870 bits per heavy atom. The Balaban J connectivity index is 1.65. The van der Waals surface area contributed by atoms with Gasteiger partial charge in [-0.05, 0) is 66.3 Å². The van der Waals surface area contributed by atoms with Crippen LogP contribution < -0.4 is 15.4 Å². The van der Waals surface area contributed by atoms with Gasteiger partial charge in [0.2, 0.25) is 0 Å². The maximum atomic E-state index is 5.43. The molecule has 0 bridgehead atoms. The van der Waals surface area contributed by atoms with Crippen LogP contribution in [0.1, 0.15) is 6.92 Å². The number of fused-ring (bicyclic) bond motifs is 1. The molecule has 0 fully saturated rings. The molecule has 3 nitrogen and oxygen atoms in total. The van der Waals surface area contributed by atoms with Gasteiger partial charge in [0.15, 0.2) is 5.11 Å². The average Bonchev–Trinajstić information content (AvgIpc) is 2.57. The number of ether oxygens (including phenoxy) is 1. The number of nitrogens with one attached hydrogen (secondary N) is 2. The van der Waals surface area contributed by atoms with Gasteiger partial charge < -0.3 is 15.4 Å². The first-order chi connectivity index (χ1) is 11.2. The molecule has 0 unspecified atom stereocenters. The number of benzene rings is 3. The van der Waals surface area contributed by atoms with E-state index in [0.717, 1.165) is 17.1 Å². The summed E-state index contributed by atoms with van der Waals surface area (Å²) in [5.41, 5.74) is 1.89. The normalized spacial score (nSPS) is 10.3. The summed E-state index contributed by atoms with van der Waals surface area (Å²) >= 11 is 5.37. The second kappa shape index (κ2) is 7.11. The summed E-state index contributed by atoms with van der Waals surface area (Å²) in [6.45, 7) is 2.63. The molecule has 0 aliphatic rings. The fourth-order valence-corrected chi connectivity index (χ4v) is 2.60.